The molecule has 0 spiro atoms. The molecule has 0 aromatic rings. The summed E-state index contributed by atoms with van der Waals surface area (Å²) in [5.41, 5.74) is -7.28. The molecule has 1 N–H and O–H groups in total. The van der Waals surface area contributed by atoms with Crippen molar-refractivity contribution in [1.82, 2.24) is 0 Å². The molecule has 0 fully saturated rings. The van der Waals surface area contributed by atoms with Crippen LogP contribution >= 0.6 is 0 Å². The SMILES string of the molecule is OC(F)(F)C(F)(F)C(F)(F)C(F)(C(F)F)C(F)(F)F. The highest BCUT2D eigenvalue weighted by molar-refractivity contribution is 5.10. The summed E-state index contributed by atoms with van der Waals surface area (Å²) in [5.74, 6) is -15.1. The standard InChI is InChI=1S/C6H2F12O/c7-1(8)2(9,5(14,15)16)3(10,11)4(12,13)6(17,18)19/h1,19H. The first-order chi connectivity index (χ1) is 7.94. The number of hydrogen-bond donors (Lipinski definition) is 1. The quantitative estimate of drug-likeness (QED) is 0.788. The van der Waals surface area contributed by atoms with Gasteiger partial charge in [0.25, 0.3) is 6.43 Å². The predicted octanol–water partition coefficient (Wildman–Crippen LogP) is 3.38. The van der Waals surface area contributed by atoms with E-state index in [2.05, 4.69) is 0 Å². The molecule has 0 rings (SSSR count). The Labute approximate surface area is 95.3 Å². The maximum atomic E-state index is 12.7. The van der Waals surface area contributed by atoms with Crippen molar-refractivity contribution in [2.24, 2.45) is 0 Å². The third-order valence-electron chi connectivity index (χ3n) is 1.94. The van der Waals surface area contributed by atoms with Crippen LogP contribution in [0.3, 0.4) is 0 Å². The zero-order chi connectivity index (χ0) is 16.1. The number of aliphatic hydroxyl groups is 1. The van der Waals surface area contributed by atoms with Crippen LogP contribution in [0.2, 0.25) is 0 Å². The first-order valence-electron chi connectivity index (χ1n) is 3.84. The van der Waals surface area contributed by atoms with Crippen LogP contribution in [0.5, 0.6) is 0 Å². The summed E-state index contributed by atoms with van der Waals surface area (Å²) in [7, 11) is 0. The van der Waals surface area contributed by atoms with Gasteiger partial charge in [0.05, 0.1) is 0 Å². The van der Waals surface area contributed by atoms with Crippen molar-refractivity contribution in [3.8, 4) is 0 Å². The summed E-state index contributed by atoms with van der Waals surface area (Å²) in [6, 6.07) is 0. The third kappa shape index (κ3) is 2.31. The molecule has 0 saturated heterocycles. The number of hydrogen-bond acceptors (Lipinski definition) is 1. The lowest BCUT2D eigenvalue weighted by molar-refractivity contribution is -0.439. The van der Waals surface area contributed by atoms with Crippen molar-refractivity contribution in [2.75, 3.05) is 0 Å². The summed E-state index contributed by atoms with van der Waals surface area (Å²) in [6.45, 7) is 0. The van der Waals surface area contributed by atoms with Gasteiger partial charge in [-0.1, -0.05) is 0 Å². The lowest BCUT2D eigenvalue weighted by atomic mass is 9.91. The summed E-state index contributed by atoms with van der Waals surface area (Å²) < 4.78 is 145. The first-order valence-corrected chi connectivity index (χ1v) is 3.84. The van der Waals surface area contributed by atoms with Crippen LogP contribution in [0.15, 0.2) is 0 Å². The maximum Gasteiger partial charge on any atom is 0.434 e. The number of halogens is 12. The normalized spacial score (nSPS) is 18.6. The second-order valence-corrected chi connectivity index (χ2v) is 3.20. The van der Waals surface area contributed by atoms with Gasteiger partial charge in [0, 0.05) is 0 Å². The highest BCUT2D eigenvalue weighted by Gasteiger charge is 2.88. The second-order valence-electron chi connectivity index (χ2n) is 3.20. The predicted molar refractivity (Wildman–Crippen MR) is 33.0 cm³/mol. The fourth-order valence-electron chi connectivity index (χ4n) is 0.856. The molecule has 1 nitrogen and oxygen atoms in total. The molecule has 116 valence electrons. The monoisotopic (exact) mass is 318 g/mol. The van der Waals surface area contributed by atoms with Crippen LogP contribution in [0.25, 0.3) is 0 Å². The molecule has 19 heavy (non-hydrogen) atoms. The van der Waals surface area contributed by atoms with Crippen molar-refractivity contribution >= 4 is 0 Å². The van der Waals surface area contributed by atoms with E-state index in [4.69, 9.17) is 5.11 Å². The van der Waals surface area contributed by atoms with Crippen molar-refractivity contribution in [3.63, 3.8) is 0 Å². The van der Waals surface area contributed by atoms with E-state index in [0.717, 1.165) is 0 Å². The molecule has 0 amide bonds. The van der Waals surface area contributed by atoms with E-state index in [0.29, 0.717) is 0 Å². The highest BCUT2D eigenvalue weighted by Crippen LogP contribution is 2.58. The van der Waals surface area contributed by atoms with E-state index in [1.54, 1.807) is 0 Å². The molecule has 1 atom stereocenters. The van der Waals surface area contributed by atoms with E-state index < -0.39 is 36.2 Å². The molecule has 0 aromatic carbocycles. The summed E-state index contributed by atoms with van der Waals surface area (Å²) in [6.07, 6.45) is -20.0. The van der Waals surface area contributed by atoms with Gasteiger partial charge >= 0.3 is 29.8 Å². The Balaban J connectivity index is 6.13. The zero-order valence-corrected chi connectivity index (χ0v) is 8.06. The van der Waals surface area contributed by atoms with Crippen LogP contribution in [-0.2, 0) is 0 Å². The minimum Gasteiger partial charge on any atom is -0.331 e. The van der Waals surface area contributed by atoms with Crippen molar-refractivity contribution in [1.29, 1.82) is 0 Å². The van der Waals surface area contributed by atoms with Gasteiger partial charge in [-0.15, -0.1) is 0 Å². The van der Waals surface area contributed by atoms with Gasteiger partial charge in [0.2, 0.25) is 0 Å². The Kier molecular flexibility index (Phi) is 4.11. The highest BCUT2D eigenvalue weighted by atomic mass is 19.4. The summed E-state index contributed by atoms with van der Waals surface area (Å²) in [4.78, 5) is 0. The largest absolute Gasteiger partial charge is 0.434 e. The molecule has 0 bridgehead atoms. The molecule has 0 aliphatic carbocycles. The van der Waals surface area contributed by atoms with E-state index >= 15 is 0 Å². The molecule has 1 unspecified atom stereocenters. The Morgan fingerprint density at radius 2 is 0.947 bits per heavy atom. The van der Waals surface area contributed by atoms with Crippen molar-refractivity contribution < 1.29 is 57.8 Å². The Morgan fingerprint density at radius 3 is 1.11 bits per heavy atom. The first kappa shape index (κ1) is 18.1. The third-order valence-corrected chi connectivity index (χ3v) is 1.94. The Morgan fingerprint density at radius 1 is 0.632 bits per heavy atom. The Hall–Kier alpha value is -0.880. The van der Waals surface area contributed by atoms with Crippen LogP contribution in [-0.4, -0.2) is 41.3 Å². The molecule has 0 aliphatic heterocycles. The average molecular weight is 318 g/mol. The minimum atomic E-state index is -7.63. The molecule has 0 radical (unpaired) electrons. The molecule has 0 saturated carbocycles. The summed E-state index contributed by atoms with van der Waals surface area (Å²) in [5, 5.41) is 7.35. The average Bonchev–Trinajstić information content (AvgIpc) is 2.11. The summed E-state index contributed by atoms with van der Waals surface area (Å²) >= 11 is 0. The van der Waals surface area contributed by atoms with Gasteiger partial charge in [-0.25, -0.2) is 13.2 Å². The topological polar surface area (TPSA) is 20.2 Å². The van der Waals surface area contributed by atoms with Crippen LogP contribution in [0, 0.1) is 0 Å². The molecule has 0 heterocycles. The van der Waals surface area contributed by atoms with Crippen molar-refractivity contribution in [3.05, 3.63) is 0 Å². The van der Waals surface area contributed by atoms with Gasteiger partial charge in [0.1, 0.15) is 0 Å². The zero-order valence-electron chi connectivity index (χ0n) is 8.06. The van der Waals surface area contributed by atoms with E-state index in [-0.39, 0.29) is 0 Å². The van der Waals surface area contributed by atoms with E-state index in [1.807, 2.05) is 0 Å². The lowest BCUT2D eigenvalue weighted by Crippen LogP contribution is -2.70. The van der Waals surface area contributed by atoms with Crippen LogP contribution in [0.4, 0.5) is 52.7 Å². The van der Waals surface area contributed by atoms with Gasteiger partial charge < -0.3 is 5.11 Å². The fourth-order valence-corrected chi connectivity index (χ4v) is 0.856. The molecule has 0 aliphatic rings. The molecule has 13 heteroatoms. The number of alkyl halides is 12. The van der Waals surface area contributed by atoms with Gasteiger partial charge in [-0.2, -0.15) is 39.5 Å². The van der Waals surface area contributed by atoms with Gasteiger partial charge in [-0.05, 0) is 0 Å². The molecular formula is C6H2F12O. The molecule has 0 aromatic heterocycles. The van der Waals surface area contributed by atoms with E-state index in [9.17, 15) is 52.7 Å². The lowest BCUT2D eigenvalue weighted by Gasteiger charge is -2.39. The fraction of sp³-hybridized carbons (Fsp3) is 1.00. The van der Waals surface area contributed by atoms with Gasteiger partial charge in [-0.3, -0.25) is 0 Å². The smallest absolute Gasteiger partial charge is 0.331 e. The second kappa shape index (κ2) is 4.31. The van der Waals surface area contributed by atoms with Crippen molar-refractivity contribution in [2.45, 2.75) is 36.2 Å². The molecular weight excluding hydrogens is 316 g/mol. The van der Waals surface area contributed by atoms with Gasteiger partial charge in [0.15, 0.2) is 0 Å². The van der Waals surface area contributed by atoms with Crippen LogP contribution in [0.1, 0.15) is 0 Å². The Bertz CT molecular complexity index is 326. The number of rotatable bonds is 4. The van der Waals surface area contributed by atoms with Crippen LogP contribution < -0.4 is 0 Å². The maximum absolute atomic E-state index is 12.7. The van der Waals surface area contributed by atoms with E-state index in [1.165, 1.54) is 0 Å². The minimum absolute atomic E-state index is 5.81.